The van der Waals surface area contributed by atoms with Gasteiger partial charge in [0.15, 0.2) is 5.96 Å². The van der Waals surface area contributed by atoms with E-state index in [9.17, 15) is 0 Å². The zero-order valence-electron chi connectivity index (χ0n) is 18.0. The minimum Gasteiger partial charge on any atom is -0.469 e. The summed E-state index contributed by atoms with van der Waals surface area (Å²) in [6.45, 7) is 6.83. The summed E-state index contributed by atoms with van der Waals surface area (Å²) in [6.07, 6.45) is 7.59. The third kappa shape index (κ3) is 5.79. The van der Waals surface area contributed by atoms with Crippen LogP contribution in [-0.4, -0.2) is 44.8 Å². The molecule has 0 spiro atoms. The molecule has 2 aromatic rings. The number of guanidine groups is 1. The molecule has 6 heteroatoms. The Morgan fingerprint density at radius 2 is 2.10 bits per heavy atom. The molecule has 0 radical (unpaired) electrons. The molecule has 1 aromatic carbocycles. The quantitative estimate of drug-likeness (QED) is 0.511. The van der Waals surface area contributed by atoms with Crippen molar-refractivity contribution in [2.24, 2.45) is 4.99 Å². The van der Waals surface area contributed by atoms with E-state index < -0.39 is 0 Å². The van der Waals surface area contributed by atoms with E-state index in [4.69, 9.17) is 14.1 Å². The van der Waals surface area contributed by atoms with Gasteiger partial charge in [-0.25, -0.2) is 0 Å². The van der Waals surface area contributed by atoms with E-state index in [2.05, 4.69) is 46.7 Å². The Kier molecular flexibility index (Phi) is 7.29. The first kappa shape index (κ1) is 20.8. The average molecular weight is 411 g/mol. The molecule has 1 aromatic heterocycles. The topological polar surface area (TPSA) is 62.0 Å². The number of furan rings is 1. The van der Waals surface area contributed by atoms with Gasteiger partial charge in [0.1, 0.15) is 5.76 Å². The molecular formula is C24H34N4O2. The van der Waals surface area contributed by atoms with Crippen molar-refractivity contribution in [1.82, 2.24) is 10.6 Å². The molecule has 30 heavy (non-hydrogen) atoms. The van der Waals surface area contributed by atoms with Crippen molar-refractivity contribution in [3.05, 3.63) is 54.0 Å². The maximum absolute atomic E-state index is 5.75. The first-order valence-electron chi connectivity index (χ1n) is 11.3. The Balaban J connectivity index is 1.38. The minimum atomic E-state index is 0.159. The molecule has 2 N–H and O–H groups in total. The number of ether oxygens (including phenoxy) is 1. The largest absolute Gasteiger partial charge is 0.469 e. The molecule has 6 nitrogen and oxygen atoms in total. The highest BCUT2D eigenvalue weighted by Crippen LogP contribution is 2.24. The molecule has 2 aliphatic rings. The highest BCUT2D eigenvalue weighted by Gasteiger charge is 2.17. The summed E-state index contributed by atoms with van der Waals surface area (Å²) >= 11 is 0. The molecule has 0 amide bonds. The predicted octanol–water partition coefficient (Wildman–Crippen LogP) is 3.90. The van der Waals surface area contributed by atoms with Gasteiger partial charge in [-0.15, -0.1) is 0 Å². The van der Waals surface area contributed by atoms with Crippen LogP contribution in [0.4, 0.5) is 5.69 Å². The van der Waals surface area contributed by atoms with E-state index in [1.165, 1.54) is 24.1 Å². The molecule has 0 aliphatic carbocycles. The summed E-state index contributed by atoms with van der Waals surface area (Å²) in [5.41, 5.74) is 2.60. The van der Waals surface area contributed by atoms with Crippen LogP contribution in [0.15, 0.2) is 52.1 Å². The van der Waals surface area contributed by atoms with Gasteiger partial charge < -0.3 is 24.7 Å². The SMILES string of the molecule is CC(NC(=NCC1CCCO1)NCCc1ccco1)c1cccc(N2CCCC2)c1. The Hall–Kier alpha value is -2.47. The second-order valence-corrected chi connectivity index (χ2v) is 8.24. The Bertz CT molecular complexity index is 793. The van der Waals surface area contributed by atoms with Gasteiger partial charge >= 0.3 is 0 Å². The summed E-state index contributed by atoms with van der Waals surface area (Å²) < 4.78 is 11.2. The van der Waals surface area contributed by atoms with Crippen LogP contribution in [0.1, 0.15) is 50.0 Å². The lowest BCUT2D eigenvalue weighted by atomic mass is 10.1. The van der Waals surface area contributed by atoms with Gasteiger partial charge in [0.25, 0.3) is 0 Å². The molecule has 2 saturated heterocycles. The number of aliphatic imine (C=N–C) groups is 1. The number of benzene rings is 1. The average Bonchev–Trinajstić information content (AvgIpc) is 3.55. The maximum atomic E-state index is 5.75. The van der Waals surface area contributed by atoms with Crippen molar-refractivity contribution in [1.29, 1.82) is 0 Å². The molecule has 4 rings (SSSR count). The maximum Gasteiger partial charge on any atom is 0.191 e. The number of hydrogen-bond acceptors (Lipinski definition) is 4. The van der Waals surface area contributed by atoms with E-state index >= 15 is 0 Å². The summed E-state index contributed by atoms with van der Waals surface area (Å²) in [5.74, 6) is 1.81. The fraction of sp³-hybridized carbons (Fsp3) is 0.542. The lowest BCUT2D eigenvalue weighted by Gasteiger charge is -2.22. The molecule has 0 saturated carbocycles. The molecule has 2 aliphatic heterocycles. The molecule has 2 fully saturated rings. The number of nitrogens with zero attached hydrogens (tertiary/aromatic N) is 2. The van der Waals surface area contributed by atoms with Crippen molar-refractivity contribution >= 4 is 11.6 Å². The third-order valence-electron chi connectivity index (χ3n) is 5.92. The lowest BCUT2D eigenvalue weighted by molar-refractivity contribution is 0.117. The van der Waals surface area contributed by atoms with Crippen molar-refractivity contribution in [2.45, 2.75) is 51.2 Å². The Morgan fingerprint density at radius 1 is 1.20 bits per heavy atom. The lowest BCUT2D eigenvalue weighted by Crippen LogP contribution is -2.40. The van der Waals surface area contributed by atoms with E-state index in [0.717, 1.165) is 57.2 Å². The first-order chi connectivity index (χ1) is 14.8. The second kappa shape index (κ2) is 10.5. The van der Waals surface area contributed by atoms with Crippen molar-refractivity contribution in [3.8, 4) is 0 Å². The highest BCUT2D eigenvalue weighted by molar-refractivity contribution is 5.80. The Labute approximate surface area is 179 Å². The van der Waals surface area contributed by atoms with E-state index in [-0.39, 0.29) is 12.1 Å². The summed E-state index contributed by atoms with van der Waals surface area (Å²) in [6, 6.07) is 13.0. The number of rotatable bonds is 8. The molecule has 0 bridgehead atoms. The summed E-state index contributed by atoms with van der Waals surface area (Å²) in [5, 5.41) is 7.05. The van der Waals surface area contributed by atoms with E-state index in [0.29, 0.717) is 6.54 Å². The van der Waals surface area contributed by atoms with Gasteiger partial charge in [-0.2, -0.15) is 0 Å². The van der Waals surface area contributed by atoms with Crippen LogP contribution in [0.5, 0.6) is 0 Å². The van der Waals surface area contributed by atoms with Crippen LogP contribution < -0.4 is 15.5 Å². The van der Waals surface area contributed by atoms with Gasteiger partial charge in [-0.3, -0.25) is 4.99 Å². The molecule has 3 heterocycles. The number of nitrogens with one attached hydrogen (secondary N) is 2. The van der Waals surface area contributed by atoms with Crippen LogP contribution in [0.2, 0.25) is 0 Å². The zero-order valence-corrected chi connectivity index (χ0v) is 18.0. The van der Waals surface area contributed by atoms with Crippen LogP contribution in [0.25, 0.3) is 0 Å². The van der Waals surface area contributed by atoms with Gasteiger partial charge in [-0.05, 0) is 62.4 Å². The third-order valence-corrected chi connectivity index (χ3v) is 5.92. The van der Waals surface area contributed by atoms with Crippen LogP contribution in [0.3, 0.4) is 0 Å². The van der Waals surface area contributed by atoms with Crippen LogP contribution in [-0.2, 0) is 11.2 Å². The summed E-state index contributed by atoms with van der Waals surface area (Å²) in [7, 11) is 0. The molecule has 2 atom stereocenters. The van der Waals surface area contributed by atoms with Crippen molar-refractivity contribution < 1.29 is 9.15 Å². The van der Waals surface area contributed by atoms with Gasteiger partial charge in [0.2, 0.25) is 0 Å². The predicted molar refractivity (Wildman–Crippen MR) is 121 cm³/mol. The second-order valence-electron chi connectivity index (χ2n) is 8.24. The van der Waals surface area contributed by atoms with Crippen molar-refractivity contribution in [2.75, 3.05) is 37.7 Å². The molecule has 2 unspecified atom stereocenters. The normalized spacial score (nSPS) is 20.5. The van der Waals surface area contributed by atoms with Gasteiger partial charge in [0, 0.05) is 38.3 Å². The van der Waals surface area contributed by atoms with Crippen LogP contribution >= 0.6 is 0 Å². The van der Waals surface area contributed by atoms with E-state index in [1.807, 2.05) is 12.1 Å². The summed E-state index contributed by atoms with van der Waals surface area (Å²) in [4.78, 5) is 7.29. The van der Waals surface area contributed by atoms with Gasteiger partial charge in [-0.1, -0.05) is 12.1 Å². The Morgan fingerprint density at radius 3 is 2.87 bits per heavy atom. The highest BCUT2D eigenvalue weighted by atomic mass is 16.5. The number of hydrogen-bond donors (Lipinski definition) is 2. The van der Waals surface area contributed by atoms with Crippen molar-refractivity contribution in [3.63, 3.8) is 0 Å². The minimum absolute atomic E-state index is 0.159. The van der Waals surface area contributed by atoms with E-state index in [1.54, 1.807) is 6.26 Å². The zero-order chi connectivity index (χ0) is 20.6. The smallest absolute Gasteiger partial charge is 0.191 e. The standard InChI is InChI=1S/C24H34N4O2/c1-19(20-7-4-8-21(17-20)28-13-2-3-14-28)27-24(26-18-23-10-6-16-30-23)25-12-11-22-9-5-15-29-22/h4-5,7-9,15,17,19,23H,2-3,6,10-14,16,18H2,1H3,(H2,25,26,27). The fourth-order valence-corrected chi connectivity index (χ4v) is 4.15. The fourth-order valence-electron chi connectivity index (χ4n) is 4.15. The first-order valence-corrected chi connectivity index (χ1v) is 11.3. The van der Waals surface area contributed by atoms with Crippen LogP contribution in [0, 0.1) is 0 Å². The molecule has 162 valence electrons. The number of anilines is 1. The molecular weight excluding hydrogens is 376 g/mol. The monoisotopic (exact) mass is 410 g/mol. The van der Waals surface area contributed by atoms with Gasteiger partial charge in [0.05, 0.1) is 25.0 Å².